The van der Waals surface area contributed by atoms with Crippen LogP contribution in [0.3, 0.4) is 0 Å². The van der Waals surface area contributed by atoms with Gasteiger partial charge in [0.05, 0.1) is 0 Å². The molecule has 0 saturated carbocycles. The summed E-state index contributed by atoms with van der Waals surface area (Å²) >= 11 is 0. The first-order valence-electron chi connectivity index (χ1n) is 6.90. The van der Waals surface area contributed by atoms with Crippen molar-refractivity contribution >= 4 is 17.4 Å². The van der Waals surface area contributed by atoms with E-state index in [1.807, 2.05) is 25.1 Å². The quantitative estimate of drug-likeness (QED) is 0.827. The molecule has 0 heterocycles. The molecule has 0 atom stereocenters. The van der Waals surface area contributed by atoms with Crippen molar-refractivity contribution in [2.24, 2.45) is 0 Å². The molecule has 0 radical (unpaired) electrons. The number of rotatable bonds is 3. The average Bonchev–Trinajstić information content (AvgIpc) is 2.40. The molecule has 0 aliphatic carbocycles. The van der Waals surface area contributed by atoms with Gasteiger partial charge in [-0.1, -0.05) is 38.1 Å². The van der Waals surface area contributed by atoms with Crippen molar-refractivity contribution in [3.8, 4) is 0 Å². The minimum absolute atomic E-state index is 0.300. The molecular weight excluding hydrogens is 267 g/mol. The summed E-state index contributed by atoms with van der Waals surface area (Å²) in [4.78, 5) is 12.1. The van der Waals surface area contributed by atoms with Gasteiger partial charge in [0.1, 0.15) is 5.82 Å². The fourth-order valence-corrected chi connectivity index (χ4v) is 2.18. The van der Waals surface area contributed by atoms with Crippen LogP contribution in [0.4, 0.5) is 20.6 Å². The van der Waals surface area contributed by atoms with E-state index in [-0.39, 0.29) is 11.8 Å². The van der Waals surface area contributed by atoms with Gasteiger partial charge in [-0.3, -0.25) is 0 Å². The van der Waals surface area contributed by atoms with Gasteiger partial charge < -0.3 is 10.6 Å². The number of aryl methyl sites for hydroxylation is 1. The average molecular weight is 286 g/mol. The van der Waals surface area contributed by atoms with Gasteiger partial charge in [0, 0.05) is 11.4 Å². The van der Waals surface area contributed by atoms with Crippen LogP contribution in [0.5, 0.6) is 0 Å². The Morgan fingerprint density at radius 1 is 1.10 bits per heavy atom. The highest BCUT2D eigenvalue weighted by Gasteiger charge is 2.12. The smallest absolute Gasteiger partial charge is 0.308 e. The summed E-state index contributed by atoms with van der Waals surface area (Å²) < 4.78 is 13.1. The highest BCUT2D eigenvalue weighted by Crippen LogP contribution is 2.27. The molecule has 2 N–H and O–H groups in total. The van der Waals surface area contributed by atoms with E-state index in [1.54, 1.807) is 12.1 Å². The van der Waals surface area contributed by atoms with Crippen LogP contribution in [0.15, 0.2) is 42.5 Å². The molecule has 4 heteroatoms. The maximum Gasteiger partial charge on any atom is 0.323 e. The Labute approximate surface area is 124 Å². The van der Waals surface area contributed by atoms with Crippen LogP contribution in [-0.2, 0) is 0 Å². The maximum absolute atomic E-state index is 13.1. The Bertz CT molecular complexity index is 653. The van der Waals surface area contributed by atoms with Gasteiger partial charge in [-0.05, 0) is 42.2 Å². The van der Waals surface area contributed by atoms with Crippen molar-refractivity contribution in [1.82, 2.24) is 0 Å². The monoisotopic (exact) mass is 286 g/mol. The van der Waals surface area contributed by atoms with Gasteiger partial charge in [0.15, 0.2) is 0 Å². The zero-order valence-corrected chi connectivity index (χ0v) is 12.4. The third kappa shape index (κ3) is 3.81. The topological polar surface area (TPSA) is 41.1 Å². The first-order valence-corrected chi connectivity index (χ1v) is 6.90. The van der Waals surface area contributed by atoms with E-state index in [1.165, 1.54) is 12.1 Å². The molecule has 0 aliphatic heterocycles. The molecule has 2 aromatic rings. The fraction of sp³-hybridized carbons (Fsp3) is 0.235. The molecule has 0 unspecified atom stereocenters. The van der Waals surface area contributed by atoms with Gasteiger partial charge in [-0.2, -0.15) is 0 Å². The zero-order chi connectivity index (χ0) is 15.4. The van der Waals surface area contributed by atoms with E-state index in [9.17, 15) is 9.18 Å². The van der Waals surface area contributed by atoms with Crippen LogP contribution in [0, 0.1) is 12.7 Å². The van der Waals surface area contributed by atoms with Gasteiger partial charge in [-0.25, -0.2) is 9.18 Å². The number of nitrogens with one attached hydrogen (secondary N) is 2. The number of halogens is 1. The zero-order valence-electron chi connectivity index (χ0n) is 12.4. The molecule has 3 nitrogen and oxygen atoms in total. The second-order valence-electron chi connectivity index (χ2n) is 5.28. The summed E-state index contributed by atoms with van der Waals surface area (Å²) in [6.45, 7) is 6.10. The van der Waals surface area contributed by atoms with E-state index in [2.05, 4.69) is 24.5 Å². The molecule has 0 aromatic heterocycles. The number of amides is 2. The minimum Gasteiger partial charge on any atom is -0.308 e. The Morgan fingerprint density at radius 2 is 1.81 bits per heavy atom. The summed E-state index contributed by atoms with van der Waals surface area (Å²) in [5, 5.41) is 5.49. The minimum atomic E-state index is -0.383. The molecule has 0 spiro atoms. The molecule has 2 rings (SSSR count). The summed E-state index contributed by atoms with van der Waals surface area (Å²) in [6.07, 6.45) is 0. The van der Waals surface area contributed by atoms with Crippen LogP contribution in [-0.4, -0.2) is 6.03 Å². The van der Waals surface area contributed by atoms with E-state index in [4.69, 9.17) is 0 Å². The summed E-state index contributed by atoms with van der Waals surface area (Å²) in [6, 6.07) is 11.3. The van der Waals surface area contributed by atoms with Gasteiger partial charge in [0.25, 0.3) is 0 Å². The maximum atomic E-state index is 13.1. The lowest BCUT2D eigenvalue weighted by atomic mass is 9.98. The van der Waals surface area contributed by atoms with Crippen molar-refractivity contribution in [3.63, 3.8) is 0 Å². The highest BCUT2D eigenvalue weighted by molar-refractivity contribution is 6.00. The van der Waals surface area contributed by atoms with Crippen LogP contribution >= 0.6 is 0 Å². The summed E-state index contributed by atoms with van der Waals surface area (Å²) in [7, 11) is 0. The Morgan fingerprint density at radius 3 is 2.48 bits per heavy atom. The first-order chi connectivity index (χ1) is 9.97. The van der Waals surface area contributed by atoms with Gasteiger partial charge in [-0.15, -0.1) is 0 Å². The Hall–Kier alpha value is -2.36. The molecule has 2 amide bonds. The van der Waals surface area contributed by atoms with Crippen molar-refractivity contribution in [3.05, 3.63) is 59.4 Å². The SMILES string of the molecule is Cc1cccc(C(C)C)c1NC(=O)Nc1cccc(F)c1. The van der Waals surface area contributed by atoms with Crippen molar-refractivity contribution in [2.75, 3.05) is 10.6 Å². The molecule has 110 valence electrons. The first kappa shape index (κ1) is 15.0. The van der Waals surface area contributed by atoms with E-state index >= 15 is 0 Å². The largest absolute Gasteiger partial charge is 0.323 e. The van der Waals surface area contributed by atoms with Crippen LogP contribution < -0.4 is 10.6 Å². The third-order valence-corrected chi connectivity index (χ3v) is 3.25. The number of hydrogen-bond donors (Lipinski definition) is 2. The van der Waals surface area contributed by atoms with Crippen LogP contribution in [0.25, 0.3) is 0 Å². The number of anilines is 2. The number of para-hydroxylation sites is 1. The van der Waals surface area contributed by atoms with Gasteiger partial charge >= 0.3 is 6.03 Å². The highest BCUT2D eigenvalue weighted by atomic mass is 19.1. The molecule has 0 saturated heterocycles. The lowest BCUT2D eigenvalue weighted by molar-refractivity contribution is 0.262. The Balaban J connectivity index is 2.17. The van der Waals surface area contributed by atoms with E-state index in [0.717, 1.165) is 16.8 Å². The fourth-order valence-electron chi connectivity index (χ4n) is 2.18. The van der Waals surface area contributed by atoms with Crippen molar-refractivity contribution in [2.45, 2.75) is 26.7 Å². The summed E-state index contributed by atoms with van der Waals surface area (Å²) in [5.74, 6) is -0.0825. The summed E-state index contributed by atoms with van der Waals surface area (Å²) in [5.41, 5.74) is 3.30. The van der Waals surface area contributed by atoms with Crippen molar-refractivity contribution < 1.29 is 9.18 Å². The van der Waals surface area contributed by atoms with E-state index < -0.39 is 0 Å². The third-order valence-electron chi connectivity index (χ3n) is 3.25. The van der Waals surface area contributed by atoms with Crippen LogP contribution in [0.1, 0.15) is 30.9 Å². The molecule has 2 aromatic carbocycles. The van der Waals surface area contributed by atoms with Crippen LogP contribution in [0.2, 0.25) is 0 Å². The molecular formula is C17H19FN2O. The number of urea groups is 1. The predicted molar refractivity (Wildman–Crippen MR) is 84.3 cm³/mol. The predicted octanol–water partition coefficient (Wildman–Crippen LogP) is 4.90. The molecule has 21 heavy (non-hydrogen) atoms. The van der Waals surface area contributed by atoms with Crippen molar-refractivity contribution in [1.29, 1.82) is 0 Å². The van der Waals surface area contributed by atoms with E-state index in [0.29, 0.717) is 11.6 Å². The number of carbonyl (C=O) groups excluding carboxylic acids is 1. The molecule has 0 aliphatic rings. The Kier molecular flexibility index (Phi) is 4.58. The number of benzene rings is 2. The second-order valence-corrected chi connectivity index (χ2v) is 5.28. The van der Waals surface area contributed by atoms with Gasteiger partial charge in [0.2, 0.25) is 0 Å². The standard InChI is InChI=1S/C17H19FN2O/c1-11(2)15-9-4-6-12(3)16(15)20-17(21)19-14-8-5-7-13(18)10-14/h4-11H,1-3H3,(H2,19,20,21). The molecule has 0 fully saturated rings. The number of hydrogen-bond acceptors (Lipinski definition) is 1. The molecule has 0 bridgehead atoms. The normalized spacial score (nSPS) is 10.5. The lowest BCUT2D eigenvalue weighted by Gasteiger charge is -2.16. The lowest BCUT2D eigenvalue weighted by Crippen LogP contribution is -2.21. The number of carbonyl (C=O) groups is 1. The second kappa shape index (κ2) is 6.39.